The molecule has 96 valence electrons. The van der Waals surface area contributed by atoms with Crippen molar-refractivity contribution in [3.63, 3.8) is 0 Å². The van der Waals surface area contributed by atoms with Crippen LogP contribution in [-0.2, 0) is 0 Å². The Balaban J connectivity index is 2.24. The van der Waals surface area contributed by atoms with Crippen molar-refractivity contribution in [2.45, 2.75) is 5.16 Å². The number of aromatic nitrogens is 2. The van der Waals surface area contributed by atoms with E-state index in [1.165, 1.54) is 11.8 Å². The lowest BCUT2D eigenvalue weighted by Gasteiger charge is -2.07. The molecule has 5 nitrogen and oxygen atoms in total. The van der Waals surface area contributed by atoms with Crippen molar-refractivity contribution in [2.24, 2.45) is 0 Å². The van der Waals surface area contributed by atoms with Crippen LogP contribution in [0.25, 0.3) is 0 Å². The molecule has 0 saturated heterocycles. The molecule has 0 aliphatic heterocycles. The predicted octanol–water partition coefficient (Wildman–Crippen LogP) is 2.90. The van der Waals surface area contributed by atoms with Gasteiger partial charge in [0.05, 0.1) is 11.6 Å². The number of hydrogen-bond acceptors (Lipinski definition) is 6. The number of anilines is 1. The minimum atomic E-state index is 0.466. The molecule has 2 rings (SSSR count). The Bertz CT molecular complexity index is 585. The molecule has 2 aromatic rings. The van der Waals surface area contributed by atoms with E-state index in [0.717, 1.165) is 0 Å². The quantitative estimate of drug-likeness (QED) is 0.681. The highest BCUT2D eigenvalue weighted by molar-refractivity contribution is 7.98. The summed E-state index contributed by atoms with van der Waals surface area (Å²) in [4.78, 5) is 8.52. The van der Waals surface area contributed by atoms with Crippen molar-refractivity contribution in [2.75, 3.05) is 18.6 Å². The molecular weight excluding hydrogens is 260 g/mol. The van der Waals surface area contributed by atoms with Crippen LogP contribution in [0.1, 0.15) is 5.56 Å². The molecule has 1 heterocycles. The highest BCUT2D eigenvalue weighted by Crippen LogP contribution is 2.24. The van der Waals surface area contributed by atoms with E-state index in [1.807, 2.05) is 6.26 Å². The standard InChI is InChI=1S/C13H12N4OS/c1-15-11-7-12(17-13(16-11)19-2)18-10-5-3-9(8-14)4-6-10/h3-7H,1-2H3,(H,15,16,17). The van der Waals surface area contributed by atoms with Gasteiger partial charge in [-0.2, -0.15) is 10.2 Å². The number of ether oxygens (including phenoxy) is 1. The topological polar surface area (TPSA) is 70.8 Å². The number of hydrogen-bond donors (Lipinski definition) is 1. The Morgan fingerprint density at radius 1 is 1.26 bits per heavy atom. The van der Waals surface area contributed by atoms with E-state index in [-0.39, 0.29) is 0 Å². The summed E-state index contributed by atoms with van der Waals surface area (Å²) >= 11 is 1.44. The summed E-state index contributed by atoms with van der Waals surface area (Å²) in [6.07, 6.45) is 1.90. The van der Waals surface area contributed by atoms with Crippen LogP contribution in [0.2, 0.25) is 0 Å². The Hall–Kier alpha value is -2.26. The summed E-state index contributed by atoms with van der Waals surface area (Å²) < 4.78 is 5.65. The molecule has 1 aromatic heterocycles. The second-order valence-electron chi connectivity index (χ2n) is 3.57. The summed E-state index contributed by atoms with van der Waals surface area (Å²) in [5.41, 5.74) is 0.593. The van der Waals surface area contributed by atoms with E-state index in [0.29, 0.717) is 28.2 Å². The largest absolute Gasteiger partial charge is 0.439 e. The van der Waals surface area contributed by atoms with Crippen LogP contribution in [0, 0.1) is 11.3 Å². The fraction of sp³-hybridized carbons (Fsp3) is 0.154. The van der Waals surface area contributed by atoms with Gasteiger partial charge in [-0.05, 0) is 30.5 Å². The van der Waals surface area contributed by atoms with E-state index in [4.69, 9.17) is 10.00 Å². The Kier molecular flexibility index (Phi) is 4.21. The first kappa shape index (κ1) is 13.2. The van der Waals surface area contributed by atoms with Gasteiger partial charge in [-0.25, -0.2) is 4.98 Å². The summed E-state index contributed by atoms with van der Waals surface area (Å²) in [5, 5.41) is 12.3. The number of thioether (sulfide) groups is 1. The summed E-state index contributed by atoms with van der Waals surface area (Å²) in [6, 6.07) is 10.6. The first-order valence-electron chi connectivity index (χ1n) is 5.54. The molecule has 0 aliphatic carbocycles. The summed E-state index contributed by atoms with van der Waals surface area (Å²) in [7, 11) is 1.79. The minimum Gasteiger partial charge on any atom is -0.439 e. The Morgan fingerprint density at radius 2 is 2.00 bits per heavy atom. The van der Waals surface area contributed by atoms with Crippen molar-refractivity contribution < 1.29 is 4.74 Å². The maximum Gasteiger partial charge on any atom is 0.225 e. The molecule has 0 bridgehead atoms. The molecule has 19 heavy (non-hydrogen) atoms. The van der Waals surface area contributed by atoms with Gasteiger partial charge >= 0.3 is 0 Å². The van der Waals surface area contributed by atoms with Crippen LogP contribution >= 0.6 is 11.8 Å². The second-order valence-corrected chi connectivity index (χ2v) is 4.34. The maximum absolute atomic E-state index is 8.73. The molecule has 0 saturated carbocycles. The van der Waals surface area contributed by atoms with Crippen molar-refractivity contribution >= 4 is 17.6 Å². The van der Waals surface area contributed by atoms with Gasteiger partial charge in [0.1, 0.15) is 11.6 Å². The first-order valence-corrected chi connectivity index (χ1v) is 6.76. The van der Waals surface area contributed by atoms with Crippen molar-refractivity contribution in [1.82, 2.24) is 9.97 Å². The monoisotopic (exact) mass is 272 g/mol. The molecular formula is C13H12N4OS. The van der Waals surface area contributed by atoms with Crippen molar-refractivity contribution in [3.05, 3.63) is 35.9 Å². The van der Waals surface area contributed by atoms with Crippen molar-refractivity contribution in [3.8, 4) is 17.7 Å². The molecule has 0 unspecified atom stereocenters. The van der Waals surface area contributed by atoms with Gasteiger partial charge in [-0.15, -0.1) is 0 Å². The zero-order valence-electron chi connectivity index (χ0n) is 10.5. The fourth-order valence-corrected chi connectivity index (χ4v) is 1.76. The number of nitrogens with one attached hydrogen (secondary N) is 1. The van der Waals surface area contributed by atoms with Gasteiger partial charge in [0, 0.05) is 13.1 Å². The third-order valence-corrected chi connectivity index (χ3v) is 2.87. The third-order valence-electron chi connectivity index (χ3n) is 2.33. The SMILES string of the molecule is CNc1cc(Oc2ccc(C#N)cc2)nc(SC)n1. The van der Waals surface area contributed by atoms with Gasteiger partial charge in [0.2, 0.25) is 5.88 Å². The fourth-order valence-electron chi connectivity index (χ4n) is 1.39. The molecule has 1 aromatic carbocycles. The van der Waals surface area contributed by atoms with Crippen LogP contribution in [-0.4, -0.2) is 23.3 Å². The molecule has 6 heteroatoms. The van der Waals surface area contributed by atoms with E-state index in [2.05, 4.69) is 21.4 Å². The van der Waals surface area contributed by atoms with Crippen molar-refractivity contribution in [1.29, 1.82) is 5.26 Å². The van der Waals surface area contributed by atoms with Gasteiger partial charge in [0.15, 0.2) is 5.16 Å². The summed E-state index contributed by atoms with van der Waals surface area (Å²) in [5.74, 6) is 1.79. The Labute approximate surface area is 115 Å². The van der Waals surface area contributed by atoms with E-state index >= 15 is 0 Å². The second kappa shape index (κ2) is 6.07. The van der Waals surface area contributed by atoms with E-state index in [9.17, 15) is 0 Å². The molecule has 0 radical (unpaired) electrons. The molecule has 0 spiro atoms. The molecule has 0 fully saturated rings. The average molecular weight is 272 g/mol. The minimum absolute atomic E-state index is 0.466. The van der Waals surface area contributed by atoms with Gasteiger partial charge in [0.25, 0.3) is 0 Å². The average Bonchev–Trinajstić information content (AvgIpc) is 2.47. The highest BCUT2D eigenvalue weighted by atomic mass is 32.2. The van der Waals surface area contributed by atoms with E-state index in [1.54, 1.807) is 37.4 Å². The predicted molar refractivity (Wildman–Crippen MR) is 74.6 cm³/mol. The molecule has 0 amide bonds. The van der Waals surface area contributed by atoms with Crippen LogP contribution in [0.3, 0.4) is 0 Å². The zero-order valence-corrected chi connectivity index (χ0v) is 11.4. The van der Waals surface area contributed by atoms with Crippen LogP contribution in [0.5, 0.6) is 11.6 Å². The van der Waals surface area contributed by atoms with Crippen LogP contribution < -0.4 is 10.1 Å². The normalized spacial score (nSPS) is 9.74. The Morgan fingerprint density at radius 3 is 2.58 bits per heavy atom. The smallest absolute Gasteiger partial charge is 0.225 e. The van der Waals surface area contributed by atoms with Crippen LogP contribution in [0.15, 0.2) is 35.5 Å². The number of nitrogens with zero attached hydrogens (tertiary/aromatic N) is 3. The number of rotatable bonds is 4. The van der Waals surface area contributed by atoms with Gasteiger partial charge in [-0.3, -0.25) is 0 Å². The summed E-state index contributed by atoms with van der Waals surface area (Å²) in [6.45, 7) is 0. The maximum atomic E-state index is 8.73. The first-order chi connectivity index (χ1) is 9.25. The lowest BCUT2D eigenvalue weighted by molar-refractivity contribution is 0.456. The molecule has 1 N–H and O–H groups in total. The third kappa shape index (κ3) is 3.36. The molecule has 0 aliphatic rings. The number of benzene rings is 1. The van der Waals surface area contributed by atoms with E-state index < -0.39 is 0 Å². The molecule has 0 atom stereocenters. The number of nitriles is 1. The zero-order chi connectivity index (χ0) is 13.7. The van der Waals surface area contributed by atoms with Gasteiger partial charge in [-0.1, -0.05) is 11.8 Å². The van der Waals surface area contributed by atoms with Crippen LogP contribution in [0.4, 0.5) is 5.82 Å². The lowest BCUT2D eigenvalue weighted by atomic mass is 10.2. The lowest BCUT2D eigenvalue weighted by Crippen LogP contribution is -1.98. The van der Waals surface area contributed by atoms with Gasteiger partial charge < -0.3 is 10.1 Å². The highest BCUT2D eigenvalue weighted by Gasteiger charge is 2.05.